The van der Waals surface area contributed by atoms with Crippen LogP contribution in [-0.4, -0.2) is 33.5 Å². The van der Waals surface area contributed by atoms with Crippen LogP contribution in [0.15, 0.2) is 6.07 Å². The van der Waals surface area contributed by atoms with Crippen LogP contribution in [0.2, 0.25) is 10.3 Å². The van der Waals surface area contributed by atoms with Crippen LogP contribution in [0.25, 0.3) is 0 Å². The molecule has 0 bridgehead atoms. The predicted octanol–water partition coefficient (Wildman–Crippen LogP) is 2.82. The van der Waals surface area contributed by atoms with E-state index < -0.39 is 5.91 Å². The maximum Gasteiger partial charge on any atom is 0.263 e. The van der Waals surface area contributed by atoms with Gasteiger partial charge in [0.1, 0.15) is 0 Å². The van der Waals surface area contributed by atoms with Gasteiger partial charge in [0.2, 0.25) is 5.91 Å². The Morgan fingerprint density at radius 3 is 2.55 bits per heavy atom. The number of imide groups is 1. The highest BCUT2D eigenvalue weighted by atomic mass is 35.5. The lowest BCUT2D eigenvalue weighted by molar-refractivity contribution is -0.125. The molecule has 1 aliphatic heterocycles. The summed E-state index contributed by atoms with van der Waals surface area (Å²) in [5.41, 5.74) is 0.0670. The average Bonchev–Trinajstić information content (AvgIpc) is 2.73. The summed E-state index contributed by atoms with van der Waals surface area (Å²) in [4.78, 5) is 25.6. The molecule has 1 aromatic heterocycles. The Hall–Kier alpha value is -1.20. The third-order valence-corrected chi connectivity index (χ3v) is 4.01. The monoisotopic (exact) mass is 315 g/mol. The van der Waals surface area contributed by atoms with Gasteiger partial charge in [-0.2, -0.15) is 0 Å². The summed E-state index contributed by atoms with van der Waals surface area (Å²) < 4.78 is 0. The van der Waals surface area contributed by atoms with E-state index in [4.69, 9.17) is 23.2 Å². The number of carbonyl (C=O) groups excluding carboxylic acids is 2. The average molecular weight is 316 g/mol. The Labute approximate surface area is 127 Å². The second kappa shape index (κ2) is 5.30. The zero-order valence-electron chi connectivity index (χ0n) is 11.5. The minimum Gasteiger partial charge on any atom is -0.278 e. The van der Waals surface area contributed by atoms with Crippen molar-refractivity contribution in [2.45, 2.75) is 27.2 Å². The summed E-state index contributed by atoms with van der Waals surface area (Å²) >= 11 is 11.6. The Bertz CT molecular complexity index is 569. The van der Waals surface area contributed by atoms with Gasteiger partial charge >= 0.3 is 0 Å². The molecule has 1 aromatic rings. The number of carbonyl (C=O) groups is 2. The van der Waals surface area contributed by atoms with Gasteiger partial charge in [-0.05, 0) is 17.4 Å². The molecule has 2 rings (SSSR count). The fourth-order valence-corrected chi connectivity index (χ4v) is 2.45. The van der Waals surface area contributed by atoms with Crippen LogP contribution in [0.4, 0.5) is 0 Å². The zero-order chi connectivity index (χ0) is 15.1. The number of aromatic nitrogens is 2. The number of halogens is 2. The van der Waals surface area contributed by atoms with Crippen LogP contribution in [0.1, 0.15) is 37.6 Å². The second-order valence-electron chi connectivity index (χ2n) is 5.95. The highest BCUT2D eigenvalue weighted by molar-refractivity contribution is 6.34. The van der Waals surface area contributed by atoms with Crippen molar-refractivity contribution in [3.05, 3.63) is 21.9 Å². The van der Waals surface area contributed by atoms with E-state index in [0.29, 0.717) is 13.0 Å². The van der Waals surface area contributed by atoms with E-state index in [9.17, 15) is 9.59 Å². The molecule has 0 spiro atoms. The molecule has 2 heterocycles. The number of rotatable bonds is 1. The van der Waals surface area contributed by atoms with Crippen molar-refractivity contribution >= 4 is 35.0 Å². The standard InChI is InChI=1S/C13H15Cl2N3O2/c1-13(2,3)7-4-10(19)18(6-7)12(20)8-5-9(14)16-17-11(8)15/h5,7H,4,6H2,1-3H3. The number of likely N-dealkylation sites (tertiary alicyclic amines) is 1. The van der Waals surface area contributed by atoms with E-state index >= 15 is 0 Å². The quantitative estimate of drug-likeness (QED) is 0.747. The second-order valence-corrected chi connectivity index (χ2v) is 6.69. The fourth-order valence-electron chi connectivity index (χ4n) is 2.13. The SMILES string of the molecule is CC(C)(C)C1CC(=O)N(C(=O)c2cc(Cl)nnc2Cl)C1. The number of nitrogens with zero attached hydrogens (tertiary/aromatic N) is 3. The molecule has 108 valence electrons. The molecule has 1 atom stereocenters. The van der Waals surface area contributed by atoms with Gasteiger partial charge in [0, 0.05) is 13.0 Å². The fraction of sp³-hybridized carbons (Fsp3) is 0.538. The summed E-state index contributed by atoms with van der Waals surface area (Å²) in [6, 6.07) is 1.33. The molecule has 0 radical (unpaired) electrons. The van der Waals surface area contributed by atoms with Gasteiger partial charge in [-0.15, -0.1) is 10.2 Å². The Kier molecular flexibility index (Phi) is 4.02. The van der Waals surface area contributed by atoms with Gasteiger partial charge in [0.05, 0.1) is 5.56 Å². The van der Waals surface area contributed by atoms with Crippen LogP contribution < -0.4 is 0 Å². The Morgan fingerprint density at radius 2 is 2.00 bits per heavy atom. The normalized spacial score (nSPS) is 19.6. The highest BCUT2D eigenvalue weighted by Gasteiger charge is 2.40. The van der Waals surface area contributed by atoms with Crippen molar-refractivity contribution in [2.75, 3.05) is 6.54 Å². The van der Waals surface area contributed by atoms with E-state index in [1.54, 1.807) is 0 Å². The van der Waals surface area contributed by atoms with Crippen molar-refractivity contribution in [3.8, 4) is 0 Å². The summed E-state index contributed by atoms with van der Waals surface area (Å²) in [6.07, 6.45) is 0.360. The van der Waals surface area contributed by atoms with Gasteiger partial charge in [-0.1, -0.05) is 44.0 Å². The van der Waals surface area contributed by atoms with Crippen molar-refractivity contribution in [2.24, 2.45) is 11.3 Å². The molecule has 1 aliphatic rings. The molecule has 7 heteroatoms. The molecule has 0 aromatic carbocycles. The van der Waals surface area contributed by atoms with E-state index in [2.05, 4.69) is 31.0 Å². The first-order chi connectivity index (χ1) is 9.20. The zero-order valence-corrected chi connectivity index (χ0v) is 13.0. The van der Waals surface area contributed by atoms with Gasteiger partial charge < -0.3 is 0 Å². The molecule has 0 saturated carbocycles. The lowest BCUT2D eigenvalue weighted by atomic mass is 9.80. The summed E-state index contributed by atoms with van der Waals surface area (Å²) in [6.45, 7) is 6.54. The molecule has 0 N–H and O–H groups in total. The third kappa shape index (κ3) is 2.94. The van der Waals surface area contributed by atoms with Crippen molar-refractivity contribution in [3.63, 3.8) is 0 Å². The number of hydrogen-bond donors (Lipinski definition) is 0. The Balaban J connectivity index is 2.26. The van der Waals surface area contributed by atoms with E-state index in [0.717, 1.165) is 0 Å². The lowest BCUT2D eigenvalue weighted by Gasteiger charge is -2.26. The van der Waals surface area contributed by atoms with E-state index in [-0.39, 0.29) is 33.1 Å². The topological polar surface area (TPSA) is 63.2 Å². The summed E-state index contributed by atoms with van der Waals surface area (Å²) in [5, 5.41) is 7.15. The minimum absolute atomic E-state index is 0.0391. The molecule has 1 unspecified atom stereocenters. The Morgan fingerprint density at radius 1 is 1.35 bits per heavy atom. The van der Waals surface area contributed by atoms with E-state index in [1.807, 2.05) is 0 Å². The van der Waals surface area contributed by atoms with E-state index in [1.165, 1.54) is 11.0 Å². The molecular formula is C13H15Cl2N3O2. The highest BCUT2D eigenvalue weighted by Crippen LogP contribution is 2.35. The van der Waals surface area contributed by atoms with Gasteiger partial charge in [0.25, 0.3) is 5.91 Å². The maximum absolute atomic E-state index is 12.4. The first-order valence-corrected chi connectivity index (χ1v) is 6.99. The largest absolute Gasteiger partial charge is 0.278 e. The van der Waals surface area contributed by atoms with Crippen LogP contribution in [0, 0.1) is 11.3 Å². The van der Waals surface area contributed by atoms with Gasteiger partial charge in [0.15, 0.2) is 10.3 Å². The van der Waals surface area contributed by atoms with Crippen molar-refractivity contribution in [1.82, 2.24) is 15.1 Å². The van der Waals surface area contributed by atoms with Crippen molar-refractivity contribution < 1.29 is 9.59 Å². The lowest BCUT2D eigenvalue weighted by Crippen LogP contribution is -2.34. The number of hydrogen-bond acceptors (Lipinski definition) is 4. The van der Waals surface area contributed by atoms with Crippen LogP contribution in [0.3, 0.4) is 0 Å². The predicted molar refractivity (Wildman–Crippen MR) is 75.7 cm³/mol. The third-order valence-electron chi connectivity index (χ3n) is 3.54. The molecule has 1 saturated heterocycles. The molecule has 2 amide bonds. The summed E-state index contributed by atoms with van der Waals surface area (Å²) in [5.74, 6) is -0.537. The first kappa shape index (κ1) is 15.2. The van der Waals surface area contributed by atoms with Crippen LogP contribution >= 0.6 is 23.2 Å². The van der Waals surface area contributed by atoms with Gasteiger partial charge in [-0.3, -0.25) is 14.5 Å². The molecule has 0 aliphatic carbocycles. The van der Waals surface area contributed by atoms with Gasteiger partial charge in [-0.25, -0.2) is 0 Å². The van der Waals surface area contributed by atoms with Crippen LogP contribution in [-0.2, 0) is 4.79 Å². The first-order valence-electron chi connectivity index (χ1n) is 6.23. The molecule has 5 nitrogen and oxygen atoms in total. The smallest absolute Gasteiger partial charge is 0.263 e. The van der Waals surface area contributed by atoms with Crippen molar-refractivity contribution in [1.29, 1.82) is 0 Å². The number of amides is 2. The molecule has 1 fully saturated rings. The molecule has 20 heavy (non-hydrogen) atoms. The minimum atomic E-state index is -0.469. The molecular weight excluding hydrogens is 301 g/mol. The summed E-state index contributed by atoms with van der Waals surface area (Å²) in [7, 11) is 0. The van der Waals surface area contributed by atoms with Crippen LogP contribution in [0.5, 0.6) is 0 Å². The maximum atomic E-state index is 12.4.